The molecule has 0 N–H and O–H groups in total. The fraction of sp³-hybridized carbons (Fsp3) is 0.562. The highest BCUT2D eigenvalue weighted by Crippen LogP contribution is 2.70. The highest BCUT2D eigenvalue weighted by Gasteiger charge is 2.73. The van der Waals surface area contributed by atoms with Crippen LogP contribution in [0.5, 0.6) is 0 Å². The summed E-state index contributed by atoms with van der Waals surface area (Å²) in [5.74, 6) is 2.35. The molecular formula is C32H35FN4O2. The van der Waals surface area contributed by atoms with Gasteiger partial charge >= 0.3 is 0 Å². The third-order valence-electron chi connectivity index (χ3n) is 10.8. The highest BCUT2D eigenvalue weighted by atomic mass is 19.1. The van der Waals surface area contributed by atoms with Crippen LogP contribution in [0.2, 0.25) is 0 Å². The van der Waals surface area contributed by atoms with Crippen molar-refractivity contribution in [1.29, 1.82) is 0 Å². The van der Waals surface area contributed by atoms with Crippen LogP contribution in [-0.2, 0) is 10.2 Å². The lowest BCUT2D eigenvalue weighted by Crippen LogP contribution is -2.71. The Bertz CT molecular complexity index is 1410. The number of anilines is 1. The van der Waals surface area contributed by atoms with Crippen molar-refractivity contribution < 1.29 is 13.7 Å². The number of benzene rings is 1. The lowest BCUT2D eigenvalue weighted by atomic mass is 9.41. The van der Waals surface area contributed by atoms with Gasteiger partial charge in [-0.1, -0.05) is 23.4 Å². The smallest absolute Gasteiger partial charge is 0.233 e. The number of carbonyl (C=O) groups is 1. The lowest BCUT2D eigenvalue weighted by molar-refractivity contribution is -0.211. The minimum Gasteiger partial charge on any atom is -0.339 e. The van der Waals surface area contributed by atoms with Crippen molar-refractivity contribution in [2.24, 2.45) is 10.8 Å². The second kappa shape index (κ2) is 7.98. The van der Waals surface area contributed by atoms with Crippen LogP contribution < -0.4 is 4.90 Å². The highest BCUT2D eigenvalue weighted by molar-refractivity contribution is 6.00. The Morgan fingerprint density at radius 1 is 1.03 bits per heavy atom. The topological polar surface area (TPSA) is 72.1 Å². The Morgan fingerprint density at radius 3 is 2.41 bits per heavy atom. The summed E-state index contributed by atoms with van der Waals surface area (Å²) in [7, 11) is 0. The Balaban J connectivity index is 1.07. The molecule has 202 valence electrons. The molecule has 1 amide bonds. The summed E-state index contributed by atoms with van der Waals surface area (Å²) in [4.78, 5) is 25.5. The summed E-state index contributed by atoms with van der Waals surface area (Å²) in [5.41, 5.74) is 2.41. The number of aromatic nitrogens is 3. The quantitative estimate of drug-likeness (QED) is 0.337. The third kappa shape index (κ3) is 3.71. The van der Waals surface area contributed by atoms with Gasteiger partial charge in [0.1, 0.15) is 5.67 Å². The molecule has 6 nitrogen and oxygen atoms in total. The van der Waals surface area contributed by atoms with E-state index >= 15 is 0 Å². The Hall–Kier alpha value is -3.09. The minimum atomic E-state index is -1.10. The number of fused-ring (bicyclic) bond motifs is 3. The van der Waals surface area contributed by atoms with E-state index in [-0.39, 0.29) is 16.7 Å². The molecule has 7 aliphatic rings. The van der Waals surface area contributed by atoms with E-state index in [1.54, 1.807) is 0 Å². The van der Waals surface area contributed by atoms with E-state index < -0.39 is 11.1 Å². The molecule has 0 atom stereocenters. The molecule has 10 rings (SSSR count). The Labute approximate surface area is 228 Å². The van der Waals surface area contributed by atoms with Crippen molar-refractivity contribution in [2.45, 2.75) is 94.6 Å². The van der Waals surface area contributed by atoms with Crippen LogP contribution in [0.3, 0.4) is 0 Å². The number of hydrogen-bond donors (Lipinski definition) is 0. The fourth-order valence-electron chi connectivity index (χ4n) is 8.06. The second-order valence-corrected chi connectivity index (χ2v) is 13.6. The van der Waals surface area contributed by atoms with E-state index in [1.807, 2.05) is 36.2 Å². The number of amides is 1. The van der Waals surface area contributed by atoms with Gasteiger partial charge in [-0.2, -0.15) is 4.98 Å². The predicted molar refractivity (Wildman–Crippen MR) is 145 cm³/mol. The molecule has 0 saturated heterocycles. The molecule has 0 radical (unpaired) electrons. The van der Waals surface area contributed by atoms with Crippen LogP contribution >= 0.6 is 0 Å². The van der Waals surface area contributed by atoms with Crippen LogP contribution in [0.1, 0.15) is 94.0 Å². The standard InChI is InChI=1S/C32H35FN4O2/c1-21-5-6-24(16-34-21)23-3-2-4-25(15-23)37(28(38)31-17-32(33,18-31)19-31)20-29-9-12-30(13-10-29,14-11-29)27-35-26(36-39-27)22-7-8-22/h2-6,15-16,22H,7-14,17-20H2,1H3. The molecule has 7 fully saturated rings. The van der Waals surface area contributed by atoms with Crippen LogP contribution in [0.25, 0.3) is 11.1 Å². The summed E-state index contributed by atoms with van der Waals surface area (Å²) >= 11 is 0. The van der Waals surface area contributed by atoms with E-state index in [4.69, 9.17) is 9.51 Å². The molecular weight excluding hydrogens is 491 g/mol. The van der Waals surface area contributed by atoms with E-state index in [1.165, 1.54) is 12.8 Å². The van der Waals surface area contributed by atoms with Gasteiger partial charge in [0, 0.05) is 41.0 Å². The zero-order chi connectivity index (χ0) is 26.5. The molecule has 4 bridgehead atoms. The van der Waals surface area contributed by atoms with Crippen molar-refractivity contribution >= 4 is 11.6 Å². The molecule has 3 aromatic rings. The van der Waals surface area contributed by atoms with E-state index in [0.29, 0.717) is 31.7 Å². The van der Waals surface area contributed by atoms with Crippen LogP contribution in [-0.4, -0.2) is 33.2 Å². The van der Waals surface area contributed by atoms with Crippen molar-refractivity contribution in [1.82, 2.24) is 15.1 Å². The zero-order valence-electron chi connectivity index (χ0n) is 22.6. The number of alkyl halides is 1. The fourth-order valence-corrected chi connectivity index (χ4v) is 8.06. The predicted octanol–water partition coefficient (Wildman–Crippen LogP) is 6.83. The normalized spacial score (nSPS) is 34.3. The molecule has 2 heterocycles. The first-order valence-corrected chi connectivity index (χ1v) is 14.7. The first-order chi connectivity index (χ1) is 18.8. The summed E-state index contributed by atoms with van der Waals surface area (Å²) < 4.78 is 20.4. The number of pyridine rings is 1. The minimum absolute atomic E-state index is 0.0104. The van der Waals surface area contributed by atoms with Gasteiger partial charge in [0.15, 0.2) is 5.82 Å². The van der Waals surface area contributed by atoms with Crippen molar-refractivity contribution in [3.05, 3.63) is 60.0 Å². The van der Waals surface area contributed by atoms with Gasteiger partial charge in [-0.05, 0) is 107 Å². The van der Waals surface area contributed by atoms with Gasteiger partial charge in [-0.25, -0.2) is 4.39 Å². The van der Waals surface area contributed by atoms with Gasteiger partial charge < -0.3 is 9.42 Å². The molecule has 7 aliphatic carbocycles. The molecule has 0 spiro atoms. The zero-order valence-corrected chi connectivity index (χ0v) is 22.6. The average Bonchev–Trinajstić information content (AvgIpc) is 3.66. The van der Waals surface area contributed by atoms with E-state index in [0.717, 1.165) is 72.7 Å². The number of rotatable bonds is 7. The van der Waals surface area contributed by atoms with Crippen LogP contribution in [0.4, 0.5) is 10.1 Å². The second-order valence-electron chi connectivity index (χ2n) is 13.6. The largest absolute Gasteiger partial charge is 0.339 e. The van der Waals surface area contributed by atoms with E-state index in [9.17, 15) is 9.18 Å². The van der Waals surface area contributed by atoms with Gasteiger partial charge in [-0.15, -0.1) is 0 Å². The number of hydrogen-bond acceptors (Lipinski definition) is 5. The maximum absolute atomic E-state index is 14.5. The van der Waals surface area contributed by atoms with Gasteiger partial charge in [0.2, 0.25) is 11.8 Å². The molecule has 2 aromatic heterocycles. The molecule has 0 unspecified atom stereocenters. The Kier molecular flexibility index (Phi) is 4.87. The van der Waals surface area contributed by atoms with E-state index in [2.05, 4.69) is 28.3 Å². The number of carbonyl (C=O) groups excluding carboxylic acids is 1. The SMILES string of the molecule is Cc1ccc(-c2cccc(N(CC34CCC(c5nc(C6CC6)no5)(CC3)CC4)C(=O)C34CC(F)(C3)C4)c2)cn1. The first kappa shape index (κ1) is 23.8. The summed E-state index contributed by atoms with van der Waals surface area (Å²) in [6.45, 7) is 2.67. The molecule has 0 aliphatic heterocycles. The van der Waals surface area contributed by atoms with Gasteiger partial charge in [-0.3, -0.25) is 9.78 Å². The van der Waals surface area contributed by atoms with Crippen molar-refractivity contribution in [2.75, 3.05) is 11.4 Å². The summed E-state index contributed by atoms with van der Waals surface area (Å²) in [6, 6.07) is 12.4. The maximum Gasteiger partial charge on any atom is 0.233 e. The molecule has 39 heavy (non-hydrogen) atoms. The maximum atomic E-state index is 14.5. The lowest BCUT2D eigenvalue weighted by Gasteiger charge is -2.65. The average molecular weight is 527 g/mol. The first-order valence-electron chi connectivity index (χ1n) is 14.7. The van der Waals surface area contributed by atoms with Crippen molar-refractivity contribution in [3.63, 3.8) is 0 Å². The number of nitrogens with zero attached hydrogens (tertiary/aromatic N) is 4. The number of aryl methyl sites for hydroxylation is 1. The van der Waals surface area contributed by atoms with Crippen molar-refractivity contribution in [3.8, 4) is 11.1 Å². The summed E-state index contributed by atoms with van der Waals surface area (Å²) in [6.07, 6.45) is 11.6. The molecule has 7 heteroatoms. The van der Waals surface area contributed by atoms with Gasteiger partial charge in [0.05, 0.1) is 5.41 Å². The van der Waals surface area contributed by atoms with Crippen LogP contribution in [0, 0.1) is 17.8 Å². The monoisotopic (exact) mass is 526 g/mol. The molecule has 7 saturated carbocycles. The Morgan fingerprint density at radius 2 is 1.77 bits per heavy atom. The van der Waals surface area contributed by atoms with Crippen LogP contribution in [0.15, 0.2) is 47.1 Å². The van der Waals surface area contributed by atoms with Gasteiger partial charge in [0.25, 0.3) is 0 Å². The summed E-state index contributed by atoms with van der Waals surface area (Å²) in [5, 5.41) is 4.31. The third-order valence-corrected chi connectivity index (χ3v) is 10.8. The molecule has 1 aromatic carbocycles. The number of halogens is 1.